The second-order valence-electron chi connectivity index (χ2n) is 8.70. The average molecular weight is 610 g/mol. The van der Waals surface area contributed by atoms with Crippen LogP contribution in [0.4, 0.5) is 27.5 Å². The number of carboxylic acid groups (broad SMARTS) is 1. The van der Waals surface area contributed by atoms with E-state index in [0.29, 0.717) is 29.2 Å². The number of anilines is 4. The highest BCUT2D eigenvalue weighted by Gasteiger charge is 2.16. The van der Waals surface area contributed by atoms with Crippen molar-refractivity contribution in [3.05, 3.63) is 82.8 Å². The molecule has 0 fully saturated rings. The van der Waals surface area contributed by atoms with Crippen molar-refractivity contribution in [3.63, 3.8) is 0 Å². The number of amides is 5. The molecule has 0 saturated carbocycles. The monoisotopic (exact) mass is 609 g/mol. The molecule has 208 valence electrons. The highest BCUT2D eigenvalue weighted by molar-refractivity contribution is 9.10. The first-order valence-corrected chi connectivity index (χ1v) is 12.9. The zero-order valence-electron chi connectivity index (χ0n) is 21.6. The summed E-state index contributed by atoms with van der Waals surface area (Å²) in [6.45, 7) is -0.320. The highest BCUT2D eigenvalue weighted by Crippen LogP contribution is 2.22. The predicted molar refractivity (Wildman–Crippen MR) is 155 cm³/mol. The quantitative estimate of drug-likeness (QED) is 0.226. The number of hydrogen-bond acceptors (Lipinski definition) is 5. The molecule has 40 heavy (non-hydrogen) atoms. The van der Waals surface area contributed by atoms with Crippen LogP contribution in [0.2, 0.25) is 0 Å². The van der Waals surface area contributed by atoms with Crippen molar-refractivity contribution in [2.75, 3.05) is 41.0 Å². The van der Waals surface area contributed by atoms with Crippen LogP contribution in [-0.2, 0) is 25.6 Å². The molecule has 0 saturated heterocycles. The molecule has 12 heteroatoms. The summed E-state index contributed by atoms with van der Waals surface area (Å²) in [6.07, 6.45) is 0.302. The summed E-state index contributed by atoms with van der Waals surface area (Å²) >= 11 is 3.38. The number of urea groups is 1. The van der Waals surface area contributed by atoms with E-state index >= 15 is 0 Å². The van der Waals surface area contributed by atoms with Crippen molar-refractivity contribution in [3.8, 4) is 0 Å². The first-order chi connectivity index (χ1) is 19.1. The number of halogens is 1. The van der Waals surface area contributed by atoms with E-state index in [1.807, 2.05) is 18.2 Å². The molecule has 0 aliphatic rings. The first-order valence-electron chi connectivity index (χ1n) is 12.1. The summed E-state index contributed by atoms with van der Waals surface area (Å²) in [5.74, 6) is -1.70. The number of carbonyl (C=O) groups excluding carboxylic acids is 4. The van der Waals surface area contributed by atoms with Gasteiger partial charge in [0.05, 0.1) is 25.1 Å². The molecule has 5 amide bonds. The molecule has 0 heterocycles. The Morgan fingerprint density at radius 1 is 0.875 bits per heavy atom. The van der Waals surface area contributed by atoms with Crippen molar-refractivity contribution in [1.82, 2.24) is 4.90 Å². The molecule has 0 aliphatic heterocycles. The number of hydrogen-bond donors (Lipinski definition) is 4. The van der Waals surface area contributed by atoms with Crippen molar-refractivity contribution in [2.45, 2.75) is 12.8 Å². The number of likely N-dealkylation sites (N-methyl/N-ethyl adjacent to an activating group) is 1. The number of para-hydroxylation sites is 1. The van der Waals surface area contributed by atoms with Crippen molar-refractivity contribution < 1.29 is 29.1 Å². The summed E-state index contributed by atoms with van der Waals surface area (Å²) in [5, 5.41) is 17.0. The molecule has 0 aliphatic carbocycles. The van der Waals surface area contributed by atoms with Crippen LogP contribution in [0.5, 0.6) is 0 Å². The maximum Gasteiger partial charge on any atom is 0.323 e. The molecule has 3 aromatic rings. The second-order valence-corrected chi connectivity index (χ2v) is 9.55. The molecule has 0 unspecified atom stereocenters. The van der Waals surface area contributed by atoms with Gasteiger partial charge in [-0.15, -0.1) is 0 Å². The molecule has 3 rings (SSSR count). The van der Waals surface area contributed by atoms with Crippen LogP contribution in [0.3, 0.4) is 0 Å². The van der Waals surface area contributed by atoms with Gasteiger partial charge >= 0.3 is 12.0 Å². The lowest BCUT2D eigenvalue weighted by Crippen LogP contribution is -2.38. The molecule has 11 nitrogen and oxygen atoms in total. The molecular weight excluding hydrogens is 582 g/mol. The summed E-state index contributed by atoms with van der Waals surface area (Å²) in [4.78, 5) is 61.5. The van der Waals surface area contributed by atoms with Crippen LogP contribution in [0.1, 0.15) is 12.0 Å². The summed E-state index contributed by atoms with van der Waals surface area (Å²) in [6, 6.07) is 20.4. The van der Waals surface area contributed by atoms with Gasteiger partial charge in [-0.3, -0.25) is 19.2 Å². The molecular formula is C28H28BrN5O6. The fourth-order valence-electron chi connectivity index (χ4n) is 3.54. The van der Waals surface area contributed by atoms with E-state index in [1.165, 1.54) is 4.90 Å². The topological polar surface area (TPSA) is 148 Å². The maximum absolute atomic E-state index is 12.5. The van der Waals surface area contributed by atoms with Gasteiger partial charge in [-0.2, -0.15) is 0 Å². The standard InChI is InChI=1S/C28H28BrN5O6/c1-33(26(37)17-34(18-35)15-14-27(38)39)22-12-10-20(11-13-22)30-25(36)16-19-6-8-21(9-7-19)31-28(40)32-24-5-3-2-4-23(24)29/h2-13,18H,14-17H2,1H3,(H,30,36)(H,38,39)(H2,31,32,40). The van der Waals surface area contributed by atoms with E-state index < -0.39 is 17.9 Å². The van der Waals surface area contributed by atoms with E-state index in [0.717, 1.165) is 14.9 Å². The summed E-state index contributed by atoms with van der Waals surface area (Å²) < 4.78 is 0.762. The van der Waals surface area contributed by atoms with E-state index in [4.69, 9.17) is 5.11 Å². The molecule has 4 N–H and O–H groups in total. The Morgan fingerprint density at radius 3 is 2.12 bits per heavy atom. The Kier molecular flexibility index (Phi) is 10.8. The maximum atomic E-state index is 12.5. The van der Waals surface area contributed by atoms with Crippen molar-refractivity contribution >= 4 is 68.9 Å². The molecule has 0 bridgehead atoms. The minimum atomic E-state index is -1.06. The van der Waals surface area contributed by atoms with Crippen LogP contribution >= 0.6 is 15.9 Å². The van der Waals surface area contributed by atoms with Crippen LogP contribution in [0, 0.1) is 0 Å². The van der Waals surface area contributed by atoms with E-state index in [1.54, 1.807) is 61.6 Å². The van der Waals surface area contributed by atoms with Crippen LogP contribution in [-0.4, -0.2) is 60.4 Å². The average Bonchev–Trinajstić information content (AvgIpc) is 2.93. The largest absolute Gasteiger partial charge is 0.481 e. The number of nitrogens with zero attached hydrogens (tertiary/aromatic N) is 2. The van der Waals surface area contributed by atoms with Gasteiger partial charge in [0.15, 0.2) is 0 Å². The van der Waals surface area contributed by atoms with Gasteiger partial charge in [-0.25, -0.2) is 4.79 Å². The Balaban J connectivity index is 1.48. The second kappa shape index (κ2) is 14.4. The lowest BCUT2D eigenvalue weighted by Gasteiger charge is -2.22. The number of carbonyl (C=O) groups is 5. The fourth-order valence-corrected chi connectivity index (χ4v) is 3.93. The summed E-state index contributed by atoms with van der Waals surface area (Å²) in [7, 11) is 1.54. The van der Waals surface area contributed by atoms with Gasteiger partial charge in [0, 0.05) is 35.1 Å². The fraction of sp³-hybridized carbons (Fsp3) is 0.179. The van der Waals surface area contributed by atoms with Crippen LogP contribution < -0.4 is 20.9 Å². The molecule has 0 spiro atoms. The number of rotatable bonds is 12. The van der Waals surface area contributed by atoms with E-state index in [9.17, 15) is 24.0 Å². The summed E-state index contributed by atoms with van der Waals surface area (Å²) in [5.41, 5.74) is 3.03. The number of aliphatic carboxylic acids is 1. The van der Waals surface area contributed by atoms with Crippen LogP contribution in [0.15, 0.2) is 77.3 Å². The Bertz CT molecular complexity index is 1360. The lowest BCUT2D eigenvalue weighted by atomic mass is 10.1. The number of benzene rings is 3. The molecule has 0 radical (unpaired) electrons. The number of nitrogens with one attached hydrogen (secondary N) is 3. The van der Waals surface area contributed by atoms with Gasteiger partial charge in [0.25, 0.3) is 0 Å². The zero-order valence-corrected chi connectivity index (χ0v) is 23.2. The van der Waals surface area contributed by atoms with Crippen molar-refractivity contribution in [1.29, 1.82) is 0 Å². The highest BCUT2D eigenvalue weighted by atomic mass is 79.9. The third-order valence-corrected chi connectivity index (χ3v) is 6.40. The molecule has 0 atom stereocenters. The van der Waals surface area contributed by atoms with Crippen LogP contribution in [0.25, 0.3) is 0 Å². The lowest BCUT2D eigenvalue weighted by molar-refractivity contribution is -0.138. The molecule has 0 aromatic heterocycles. The minimum Gasteiger partial charge on any atom is -0.481 e. The third kappa shape index (κ3) is 9.24. The SMILES string of the molecule is CN(C(=O)CN(C=O)CCC(=O)O)c1ccc(NC(=O)Cc2ccc(NC(=O)Nc3ccccc3Br)cc2)cc1. The number of carboxylic acids is 1. The Morgan fingerprint density at radius 2 is 1.50 bits per heavy atom. The first kappa shape index (κ1) is 29.8. The van der Waals surface area contributed by atoms with Gasteiger partial charge in [-0.05, 0) is 70.0 Å². The Hall–Kier alpha value is -4.71. The van der Waals surface area contributed by atoms with E-state index in [2.05, 4.69) is 31.9 Å². The predicted octanol–water partition coefficient (Wildman–Crippen LogP) is 4.17. The van der Waals surface area contributed by atoms with Gasteiger partial charge in [0.1, 0.15) is 0 Å². The van der Waals surface area contributed by atoms with Gasteiger partial charge in [-0.1, -0.05) is 24.3 Å². The Labute approximate surface area is 239 Å². The minimum absolute atomic E-state index is 0.0651. The molecule has 3 aromatic carbocycles. The smallest absolute Gasteiger partial charge is 0.323 e. The third-order valence-electron chi connectivity index (χ3n) is 5.71. The van der Waals surface area contributed by atoms with Gasteiger partial charge in [0.2, 0.25) is 18.2 Å². The zero-order chi connectivity index (χ0) is 29.1. The van der Waals surface area contributed by atoms with E-state index in [-0.39, 0.29) is 31.8 Å². The van der Waals surface area contributed by atoms with Gasteiger partial charge < -0.3 is 30.9 Å². The van der Waals surface area contributed by atoms with Crippen molar-refractivity contribution in [2.24, 2.45) is 0 Å². The normalized spacial score (nSPS) is 10.2.